The lowest BCUT2D eigenvalue weighted by molar-refractivity contribution is -0.137. The van der Waals surface area contributed by atoms with Crippen LogP contribution in [-0.2, 0) is 6.18 Å². The van der Waals surface area contributed by atoms with E-state index >= 15 is 0 Å². The third-order valence-corrected chi connectivity index (χ3v) is 3.42. The molecule has 0 saturated heterocycles. The summed E-state index contributed by atoms with van der Waals surface area (Å²) in [5.74, 6) is -0.251. The maximum atomic E-state index is 12.6. The Morgan fingerprint density at radius 3 is 1.86 bits per heavy atom. The zero-order chi connectivity index (χ0) is 15.8. The van der Waals surface area contributed by atoms with Crippen LogP contribution in [0, 0.1) is 20.8 Å². The highest BCUT2D eigenvalue weighted by atomic mass is 19.4. The molecule has 0 amide bonds. The third kappa shape index (κ3) is 3.15. The van der Waals surface area contributed by atoms with Crippen LogP contribution in [0.15, 0.2) is 36.4 Å². The van der Waals surface area contributed by atoms with Crippen LogP contribution in [0.3, 0.4) is 0 Å². The molecule has 0 unspecified atom stereocenters. The van der Waals surface area contributed by atoms with Gasteiger partial charge in [0, 0.05) is 11.1 Å². The van der Waals surface area contributed by atoms with Gasteiger partial charge >= 0.3 is 6.18 Å². The van der Waals surface area contributed by atoms with Gasteiger partial charge < -0.3 is 0 Å². The number of ketones is 1. The van der Waals surface area contributed by atoms with Crippen molar-refractivity contribution >= 4 is 5.78 Å². The summed E-state index contributed by atoms with van der Waals surface area (Å²) in [6.07, 6.45) is -4.40. The number of aryl methyl sites for hydroxylation is 3. The fourth-order valence-electron chi connectivity index (χ4n) is 2.31. The molecule has 0 atom stereocenters. The number of rotatable bonds is 2. The average Bonchev–Trinajstić information content (AvgIpc) is 2.36. The van der Waals surface area contributed by atoms with E-state index in [1.165, 1.54) is 13.0 Å². The van der Waals surface area contributed by atoms with Gasteiger partial charge in [0.05, 0.1) is 5.56 Å². The Bertz CT molecular complexity index is 700. The monoisotopic (exact) mass is 292 g/mol. The quantitative estimate of drug-likeness (QED) is 0.722. The summed E-state index contributed by atoms with van der Waals surface area (Å²) >= 11 is 0. The van der Waals surface area contributed by atoms with Crippen LogP contribution in [-0.4, -0.2) is 5.78 Å². The van der Waals surface area contributed by atoms with E-state index in [0.717, 1.165) is 23.3 Å². The Labute approximate surface area is 121 Å². The van der Waals surface area contributed by atoms with E-state index in [1.807, 2.05) is 26.0 Å². The summed E-state index contributed by atoms with van der Waals surface area (Å²) in [4.78, 5) is 12.5. The molecule has 2 aromatic rings. The summed E-state index contributed by atoms with van der Waals surface area (Å²) in [6.45, 7) is 5.26. The van der Waals surface area contributed by atoms with E-state index in [2.05, 4.69) is 0 Å². The maximum Gasteiger partial charge on any atom is 0.416 e. The lowest BCUT2D eigenvalue weighted by Gasteiger charge is -2.12. The van der Waals surface area contributed by atoms with Gasteiger partial charge in [-0.1, -0.05) is 29.8 Å². The Kier molecular flexibility index (Phi) is 3.90. The smallest absolute Gasteiger partial charge is 0.289 e. The predicted molar refractivity (Wildman–Crippen MR) is 75.5 cm³/mol. The van der Waals surface area contributed by atoms with Crippen molar-refractivity contribution in [1.82, 2.24) is 0 Å². The zero-order valence-electron chi connectivity index (χ0n) is 12.0. The Balaban J connectivity index is 2.45. The Hall–Kier alpha value is -2.10. The van der Waals surface area contributed by atoms with E-state index in [4.69, 9.17) is 0 Å². The molecule has 0 N–H and O–H groups in total. The minimum atomic E-state index is -4.40. The normalized spacial score (nSPS) is 11.5. The highest BCUT2D eigenvalue weighted by Crippen LogP contribution is 2.31. The number of carbonyl (C=O) groups is 1. The number of alkyl halides is 3. The van der Waals surface area contributed by atoms with Gasteiger partial charge in [0.15, 0.2) is 5.78 Å². The number of hydrogen-bond acceptors (Lipinski definition) is 1. The predicted octanol–water partition coefficient (Wildman–Crippen LogP) is 4.86. The van der Waals surface area contributed by atoms with Crippen LogP contribution in [0.5, 0.6) is 0 Å². The number of benzene rings is 2. The number of hydrogen-bond donors (Lipinski definition) is 0. The first kappa shape index (κ1) is 15.3. The van der Waals surface area contributed by atoms with Gasteiger partial charge in [0.2, 0.25) is 0 Å². The second-order valence-corrected chi connectivity index (χ2v) is 5.17. The molecule has 0 heterocycles. The Morgan fingerprint density at radius 2 is 1.38 bits per heavy atom. The van der Waals surface area contributed by atoms with Gasteiger partial charge in [-0.05, 0) is 44.0 Å². The second-order valence-electron chi connectivity index (χ2n) is 5.17. The largest absolute Gasteiger partial charge is 0.416 e. The van der Waals surface area contributed by atoms with E-state index in [0.29, 0.717) is 16.7 Å². The lowest BCUT2D eigenvalue weighted by atomic mass is 9.94. The molecular weight excluding hydrogens is 277 g/mol. The van der Waals surface area contributed by atoms with Crippen LogP contribution in [0.2, 0.25) is 0 Å². The molecule has 21 heavy (non-hydrogen) atoms. The van der Waals surface area contributed by atoms with Crippen molar-refractivity contribution < 1.29 is 18.0 Å². The molecule has 4 heteroatoms. The van der Waals surface area contributed by atoms with E-state index in [1.54, 1.807) is 6.07 Å². The van der Waals surface area contributed by atoms with Gasteiger partial charge in [-0.3, -0.25) is 4.79 Å². The molecule has 2 aromatic carbocycles. The zero-order valence-corrected chi connectivity index (χ0v) is 12.0. The van der Waals surface area contributed by atoms with Crippen molar-refractivity contribution in [3.8, 4) is 0 Å². The number of halogens is 3. The van der Waals surface area contributed by atoms with Crippen LogP contribution in [0.25, 0.3) is 0 Å². The molecule has 0 radical (unpaired) electrons. The van der Waals surface area contributed by atoms with Crippen LogP contribution < -0.4 is 0 Å². The highest BCUT2D eigenvalue weighted by Gasteiger charge is 2.31. The SMILES string of the molecule is Cc1ccc(C(=O)c2ccc(C(F)(F)F)cc2C)c(C)c1. The molecule has 0 aliphatic carbocycles. The molecule has 1 nitrogen and oxygen atoms in total. The molecule has 0 saturated carbocycles. The topological polar surface area (TPSA) is 17.1 Å². The summed E-state index contributed by atoms with van der Waals surface area (Å²) in [5.41, 5.74) is 2.26. The van der Waals surface area contributed by atoms with Gasteiger partial charge in [0.1, 0.15) is 0 Å². The van der Waals surface area contributed by atoms with Crippen molar-refractivity contribution in [2.75, 3.05) is 0 Å². The van der Waals surface area contributed by atoms with Gasteiger partial charge in [-0.15, -0.1) is 0 Å². The maximum absolute atomic E-state index is 12.6. The van der Waals surface area contributed by atoms with E-state index < -0.39 is 11.7 Å². The summed E-state index contributed by atoms with van der Waals surface area (Å²) < 4.78 is 37.9. The summed E-state index contributed by atoms with van der Waals surface area (Å²) in [6, 6.07) is 8.62. The average molecular weight is 292 g/mol. The minimum Gasteiger partial charge on any atom is -0.289 e. The molecule has 0 aliphatic heterocycles. The van der Waals surface area contributed by atoms with Crippen molar-refractivity contribution in [2.45, 2.75) is 26.9 Å². The van der Waals surface area contributed by atoms with E-state index in [9.17, 15) is 18.0 Å². The number of carbonyl (C=O) groups excluding carboxylic acids is 1. The highest BCUT2D eigenvalue weighted by molar-refractivity contribution is 6.10. The Morgan fingerprint density at radius 1 is 0.857 bits per heavy atom. The molecule has 2 rings (SSSR count). The van der Waals surface area contributed by atoms with Crippen molar-refractivity contribution in [2.24, 2.45) is 0 Å². The van der Waals surface area contributed by atoms with Crippen LogP contribution >= 0.6 is 0 Å². The molecular formula is C17H15F3O. The summed E-state index contributed by atoms with van der Waals surface area (Å²) in [7, 11) is 0. The first-order valence-corrected chi connectivity index (χ1v) is 6.50. The summed E-state index contributed by atoms with van der Waals surface area (Å²) in [5, 5.41) is 0. The molecule has 0 aliphatic rings. The van der Waals surface area contributed by atoms with Crippen molar-refractivity contribution in [3.63, 3.8) is 0 Å². The van der Waals surface area contributed by atoms with E-state index in [-0.39, 0.29) is 5.78 Å². The molecule has 0 fully saturated rings. The fourth-order valence-corrected chi connectivity index (χ4v) is 2.31. The molecule has 110 valence electrons. The minimum absolute atomic E-state index is 0.251. The first-order chi connectivity index (χ1) is 9.70. The van der Waals surface area contributed by atoms with Crippen LogP contribution in [0.4, 0.5) is 13.2 Å². The molecule has 0 spiro atoms. The fraction of sp³-hybridized carbons (Fsp3) is 0.235. The van der Waals surface area contributed by atoms with Gasteiger partial charge in [-0.2, -0.15) is 13.2 Å². The first-order valence-electron chi connectivity index (χ1n) is 6.50. The molecule has 0 bridgehead atoms. The molecule has 0 aromatic heterocycles. The second kappa shape index (κ2) is 5.35. The lowest BCUT2D eigenvalue weighted by Crippen LogP contribution is -2.09. The van der Waals surface area contributed by atoms with Crippen molar-refractivity contribution in [1.29, 1.82) is 0 Å². The van der Waals surface area contributed by atoms with Gasteiger partial charge in [0.25, 0.3) is 0 Å². The van der Waals surface area contributed by atoms with Crippen LogP contribution in [0.1, 0.15) is 38.2 Å². The van der Waals surface area contributed by atoms with Gasteiger partial charge in [-0.25, -0.2) is 0 Å². The standard InChI is InChI=1S/C17H15F3O/c1-10-4-6-14(11(2)8-10)16(21)15-7-5-13(9-12(15)3)17(18,19)20/h4-9H,1-3H3. The third-order valence-electron chi connectivity index (χ3n) is 3.42. The van der Waals surface area contributed by atoms with Crippen molar-refractivity contribution in [3.05, 3.63) is 69.8 Å².